The Morgan fingerprint density at radius 1 is 0.247 bits per heavy atom. The van der Waals surface area contributed by atoms with Crippen molar-refractivity contribution in [2.75, 3.05) is 9.80 Å². The number of rotatable bonds is 8. The predicted molar refractivity (Wildman–Crippen MR) is 353 cm³/mol. The summed E-state index contributed by atoms with van der Waals surface area (Å²) in [6.07, 6.45) is 0. The van der Waals surface area contributed by atoms with Crippen molar-refractivity contribution in [3.05, 3.63) is 326 Å². The first-order chi connectivity index (χ1) is 42.2. The Kier molecular flexibility index (Phi) is 10.3. The summed E-state index contributed by atoms with van der Waals surface area (Å²) in [5, 5.41) is 9.14. The summed E-state index contributed by atoms with van der Waals surface area (Å²) < 4.78 is 13.6. The normalized spacial score (nSPS) is 12.8. The maximum atomic E-state index is 6.81. The minimum atomic E-state index is -0.639. The lowest BCUT2D eigenvalue weighted by atomic mass is 9.68. The van der Waals surface area contributed by atoms with E-state index < -0.39 is 5.41 Å². The fourth-order valence-corrected chi connectivity index (χ4v) is 14.6. The number of nitrogens with zero attached hydrogens (tertiary/aromatic N) is 2. The highest BCUT2D eigenvalue weighted by molar-refractivity contribution is 6.14. The fourth-order valence-electron chi connectivity index (χ4n) is 14.6. The zero-order valence-electron chi connectivity index (χ0n) is 46.1. The van der Waals surface area contributed by atoms with E-state index >= 15 is 0 Å². The summed E-state index contributed by atoms with van der Waals surface area (Å²) in [5.74, 6) is 0. The Balaban J connectivity index is 0.842. The Hall–Kier alpha value is -11.2. The third-order valence-corrected chi connectivity index (χ3v) is 18.2. The summed E-state index contributed by atoms with van der Waals surface area (Å²) >= 11 is 0. The highest BCUT2D eigenvalue weighted by atomic mass is 16.3. The second-order valence-corrected chi connectivity index (χ2v) is 22.6. The lowest BCUT2D eigenvalue weighted by molar-refractivity contribution is 0.668. The van der Waals surface area contributed by atoms with Gasteiger partial charge in [0.1, 0.15) is 11.2 Å². The lowest BCUT2D eigenvalue weighted by Gasteiger charge is -2.33. The van der Waals surface area contributed by atoms with Crippen molar-refractivity contribution in [3.63, 3.8) is 0 Å². The molecular formula is C81H50N2O2. The van der Waals surface area contributed by atoms with Crippen molar-refractivity contribution >= 4 is 99.5 Å². The molecule has 4 heteroatoms. The van der Waals surface area contributed by atoms with Gasteiger partial charge in [-0.2, -0.15) is 0 Å². The zero-order chi connectivity index (χ0) is 55.7. The SMILES string of the molecule is c1ccc(-c2ccc(N(c3ccc4c5c(ccc4c3)-c3ccc4cc(N(c6ccc(-c7ccccc7)cc6)c6cccc7c6oc6ccccc67)ccc4c3C53c4ccccc4-c4ccccc43)c3cccc4c3oc3ccccc34)cc2)cc1. The topological polar surface area (TPSA) is 32.8 Å². The largest absolute Gasteiger partial charge is 0.454 e. The van der Waals surface area contributed by atoms with Crippen molar-refractivity contribution in [1.82, 2.24) is 0 Å². The molecule has 14 aromatic carbocycles. The first-order valence-corrected chi connectivity index (χ1v) is 29.2. The second kappa shape index (κ2) is 18.4. The maximum Gasteiger partial charge on any atom is 0.159 e. The van der Waals surface area contributed by atoms with E-state index in [9.17, 15) is 0 Å². The van der Waals surface area contributed by atoms with Crippen LogP contribution >= 0.6 is 0 Å². The highest BCUT2D eigenvalue weighted by Gasteiger charge is 2.53. The standard InChI is InChI=1S/C81H50N2O2/c1-3-17-51(18-4-1)53-33-39-57(40-34-53)82(73-29-15-25-69-65-23-9-13-31-75(65)84-79(69)73)59-43-47-61-55(49-59)37-45-67-68-46-38-56-50-60(44-48-62(56)78(68)81(77(61)67)71-27-11-7-21-63(71)64-22-8-12-28-72(64)81)83(58-41-35-54(36-42-58)52-19-5-2-6-20-52)74-30-16-26-70-66-24-10-14-32-76(66)85-80(70)74/h1-50H. The quantitative estimate of drug-likeness (QED) is 0.152. The minimum Gasteiger partial charge on any atom is -0.454 e. The molecule has 0 fully saturated rings. The van der Waals surface area contributed by atoms with Gasteiger partial charge in [-0.05, 0) is 161 Å². The Morgan fingerprint density at radius 2 is 0.624 bits per heavy atom. The van der Waals surface area contributed by atoms with Crippen LogP contribution in [0.25, 0.3) is 110 Å². The molecule has 4 nitrogen and oxygen atoms in total. The molecule has 0 atom stereocenters. The number of fused-ring (bicyclic) bond motifs is 20. The van der Waals surface area contributed by atoms with Gasteiger partial charge >= 0.3 is 0 Å². The summed E-state index contributed by atoms with van der Waals surface area (Å²) in [5.41, 5.74) is 23.9. The van der Waals surface area contributed by atoms with Gasteiger partial charge in [0.05, 0.1) is 16.8 Å². The van der Waals surface area contributed by atoms with E-state index in [0.29, 0.717) is 0 Å². The second-order valence-electron chi connectivity index (χ2n) is 22.6. The molecule has 2 heterocycles. The van der Waals surface area contributed by atoms with E-state index in [1.54, 1.807) is 0 Å². The summed E-state index contributed by atoms with van der Waals surface area (Å²) in [7, 11) is 0. The van der Waals surface area contributed by atoms with E-state index in [1.807, 2.05) is 12.1 Å². The molecule has 0 radical (unpaired) electrons. The first-order valence-electron chi connectivity index (χ1n) is 29.2. The van der Waals surface area contributed by atoms with Crippen LogP contribution in [-0.4, -0.2) is 0 Å². The van der Waals surface area contributed by atoms with Crippen molar-refractivity contribution in [3.8, 4) is 44.5 Å². The van der Waals surface area contributed by atoms with Gasteiger partial charge in [0.2, 0.25) is 0 Å². The summed E-state index contributed by atoms with van der Waals surface area (Å²) in [6, 6.07) is 111. The number of anilines is 6. The van der Waals surface area contributed by atoms with Crippen LogP contribution in [0, 0.1) is 0 Å². The van der Waals surface area contributed by atoms with Crippen molar-refractivity contribution in [1.29, 1.82) is 0 Å². The molecule has 0 saturated heterocycles. The molecule has 85 heavy (non-hydrogen) atoms. The van der Waals surface area contributed by atoms with Crippen LogP contribution in [0.15, 0.2) is 312 Å². The van der Waals surface area contributed by atoms with E-state index in [0.717, 1.165) is 99.9 Å². The predicted octanol–water partition coefficient (Wildman–Crippen LogP) is 22.4. The van der Waals surface area contributed by atoms with Crippen LogP contribution in [0.3, 0.4) is 0 Å². The molecule has 2 aromatic heterocycles. The molecule has 1 spiro atoms. The first kappa shape index (κ1) is 47.4. The molecule has 396 valence electrons. The molecule has 0 N–H and O–H groups in total. The lowest BCUT2D eigenvalue weighted by Crippen LogP contribution is -2.26. The van der Waals surface area contributed by atoms with E-state index in [2.05, 4.69) is 301 Å². The minimum absolute atomic E-state index is 0.639. The van der Waals surface area contributed by atoms with Crippen LogP contribution in [0.4, 0.5) is 34.1 Å². The van der Waals surface area contributed by atoms with Crippen molar-refractivity contribution in [2.24, 2.45) is 0 Å². The molecular weight excluding hydrogens is 1030 g/mol. The Morgan fingerprint density at radius 3 is 1.08 bits per heavy atom. The molecule has 2 aliphatic carbocycles. The van der Waals surface area contributed by atoms with E-state index in [-0.39, 0.29) is 0 Å². The van der Waals surface area contributed by atoms with Crippen LogP contribution in [0.2, 0.25) is 0 Å². The van der Waals surface area contributed by atoms with Crippen LogP contribution in [0.1, 0.15) is 22.3 Å². The van der Waals surface area contributed by atoms with Gasteiger partial charge < -0.3 is 18.6 Å². The molecule has 0 bridgehead atoms. The van der Waals surface area contributed by atoms with Crippen molar-refractivity contribution < 1.29 is 8.83 Å². The Labute approximate surface area is 490 Å². The van der Waals surface area contributed by atoms with Gasteiger partial charge in [-0.25, -0.2) is 0 Å². The maximum absolute atomic E-state index is 6.81. The number of furan rings is 2. The summed E-state index contributed by atoms with van der Waals surface area (Å²) in [4.78, 5) is 4.75. The number of hydrogen-bond acceptors (Lipinski definition) is 4. The molecule has 18 rings (SSSR count). The summed E-state index contributed by atoms with van der Waals surface area (Å²) in [6.45, 7) is 0. The Bertz CT molecular complexity index is 5030. The molecule has 0 amide bonds. The molecule has 0 saturated carbocycles. The molecule has 0 unspecified atom stereocenters. The van der Waals surface area contributed by atoms with Gasteiger partial charge in [0, 0.05) is 44.3 Å². The molecule has 0 aliphatic heterocycles. The van der Waals surface area contributed by atoms with Crippen LogP contribution in [0.5, 0.6) is 0 Å². The van der Waals surface area contributed by atoms with Crippen LogP contribution in [-0.2, 0) is 5.41 Å². The van der Waals surface area contributed by atoms with Crippen molar-refractivity contribution in [2.45, 2.75) is 5.41 Å². The average Bonchev–Trinajstić information content (AvgIpc) is 1.55. The van der Waals surface area contributed by atoms with Gasteiger partial charge in [-0.3, -0.25) is 0 Å². The zero-order valence-corrected chi connectivity index (χ0v) is 46.1. The highest BCUT2D eigenvalue weighted by Crippen LogP contribution is 2.66. The third kappa shape index (κ3) is 6.97. The third-order valence-electron chi connectivity index (χ3n) is 18.2. The number of para-hydroxylation sites is 4. The van der Waals surface area contributed by atoms with E-state index in [4.69, 9.17) is 8.83 Å². The smallest absolute Gasteiger partial charge is 0.159 e. The van der Waals surface area contributed by atoms with Gasteiger partial charge in [0.15, 0.2) is 11.2 Å². The number of benzene rings is 14. The van der Waals surface area contributed by atoms with Gasteiger partial charge in [0.25, 0.3) is 0 Å². The van der Waals surface area contributed by atoms with E-state index in [1.165, 1.54) is 66.4 Å². The van der Waals surface area contributed by atoms with Crippen LogP contribution < -0.4 is 9.80 Å². The monoisotopic (exact) mass is 1080 g/mol. The molecule has 16 aromatic rings. The fraction of sp³-hybridized carbons (Fsp3) is 0.0123. The molecule has 2 aliphatic rings. The average molecular weight is 1080 g/mol. The number of hydrogen-bond donors (Lipinski definition) is 0. The van der Waals surface area contributed by atoms with Gasteiger partial charge in [-0.1, -0.05) is 231 Å². The van der Waals surface area contributed by atoms with Gasteiger partial charge in [-0.15, -0.1) is 0 Å².